The molecule has 1 aromatic heterocycles. The van der Waals surface area contributed by atoms with Crippen LogP contribution in [0.15, 0.2) is 28.9 Å². The van der Waals surface area contributed by atoms with Gasteiger partial charge >= 0.3 is 5.97 Å². The van der Waals surface area contributed by atoms with Gasteiger partial charge in [-0.2, -0.15) is 5.10 Å². The summed E-state index contributed by atoms with van der Waals surface area (Å²) in [6.07, 6.45) is 2.12. The van der Waals surface area contributed by atoms with Crippen LogP contribution in [0.2, 0.25) is 0 Å². The van der Waals surface area contributed by atoms with E-state index in [1.54, 1.807) is 6.92 Å². The molecular formula is C14H13BrN2O3. The second-order valence-electron chi connectivity index (χ2n) is 4.15. The van der Waals surface area contributed by atoms with E-state index in [4.69, 9.17) is 4.74 Å². The fourth-order valence-electron chi connectivity index (χ4n) is 1.83. The van der Waals surface area contributed by atoms with Crippen LogP contribution in [0.4, 0.5) is 0 Å². The van der Waals surface area contributed by atoms with Crippen LogP contribution in [0.5, 0.6) is 0 Å². The zero-order chi connectivity index (χ0) is 14.7. The molecule has 0 aliphatic heterocycles. The van der Waals surface area contributed by atoms with E-state index in [-0.39, 0.29) is 17.9 Å². The Hall–Kier alpha value is -1.95. The fraction of sp³-hybridized carbons (Fsp3) is 0.214. The number of ether oxygens (including phenoxy) is 1. The Bertz CT molecular complexity index is 664. The average Bonchev–Trinajstić information content (AvgIpc) is 2.83. The first-order valence-electron chi connectivity index (χ1n) is 6.05. The molecule has 0 bridgehead atoms. The van der Waals surface area contributed by atoms with Crippen LogP contribution < -0.4 is 0 Å². The summed E-state index contributed by atoms with van der Waals surface area (Å²) >= 11 is 3.39. The Morgan fingerprint density at radius 3 is 2.85 bits per heavy atom. The molecule has 2 rings (SSSR count). The average molecular weight is 337 g/mol. The molecule has 0 saturated heterocycles. The third kappa shape index (κ3) is 2.80. The van der Waals surface area contributed by atoms with Crippen LogP contribution >= 0.6 is 15.9 Å². The highest BCUT2D eigenvalue weighted by atomic mass is 79.9. The highest BCUT2D eigenvalue weighted by molar-refractivity contribution is 9.10. The highest BCUT2D eigenvalue weighted by Gasteiger charge is 2.18. The zero-order valence-corrected chi connectivity index (χ0v) is 12.7. The lowest BCUT2D eigenvalue weighted by molar-refractivity contribution is 0.0517. The van der Waals surface area contributed by atoms with Crippen LogP contribution in [0.3, 0.4) is 0 Å². The predicted molar refractivity (Wildman–Crippen MR) is 77.3 cm³/mol. The quantitative estimate of drug-likeness (QED) is 0.636. The molecule has 20 heavy (non-hydrogen) atoms. The van der Waals surface area contributed by atoms with E-state index in [0.29, 0.717) is 6.29 Å². The Morgan fingerprint density at radius 2 is 2.25 bits per heavy atom. The molecule has 0 N–H and O–H groups in total. The fourth-order valence-corrected chi connectivity index (χ4v) is 2.31. The number of hydrogen-bond acceptors (Lipinski definition) is 4. The number of carbonyl (C=O) groups is 2. The Labute approximate surface area is 124 Å². The first-order valence-corrected chi connectivity index (χ1v) is 6.84. The van der Waals surface area contributed by atoms with Crippen LogP contribution in [0.25, 0.3) is 5.69 Å². The first kappa shape index (κ1) is 14.5. The van der Waals surface area contributed by atoms with Crippen LogP contribution in [-0.4, -0.2) is 28.6 Å². The van der Waals surface area contributed by atoms with E-state index < -0.39 is 5.97 Å². The van der Waals surface area contributed by atoms with E-state index in [2.05, 4.69) is 21.0 Å². The molecule has 0 saturated carbocycles. The second kappa shape index (κ2) is 6.00. The van der Waals surface area contributed by atoms with Crippen LogP contribution in [0, 0.1) is 6.92 Å². The molecule has 0 radical (unpaired) electrons. The summed E-state index contributed by atoms with van der Waals surface area (Å²) in [5.41, 5.74) is 2.01. The first-order chi connectivity index (χ1) is 9.56. The maximum atomic E-state index is 11.7. The number of rotatable bonds is 4. The second-order valence-corrected chi connectivity index (χ2v) is 5.06. The zero-order valence-electron chi connectivity index (χ0n) is 11.1. The minimum Gasteiger partial charge on any atom is -0.461 e. The number of aldehydes is 1. The number of carbonyl (C=O) groups excluding carboxylic acids is 2. The normalized spacial score (nSPS) is 10.3. The maximum absolute atomic E-state index is 11.7. The van der Waals surface area contributed by atoms with Gasteiger partial charge in [-0.05, 0) is 37.6 Å². The molecule has 0 amide bonds. The maximum Gasteiger partial charge on any atom is 0.359 e. The smallest absolute Gasteiger partial charge is 0.359 e. The lowest BCUT2D eigenvalue weighted by atomic mass is 10.2. The summed E-state index contributed by atoms with van der Waals surface area (Å²) in [6, 6.07) is 5.66. The van der Waals surface area contributed by atoms with Crippen molar-refractivity contribution in [2.75, 3.05) is 6.61 Å². The van der Waals surface area contributed by atoms with Gasteiger partial charge in [0.1, 0.15) is 0 Å². The Balaban J connectivity index is 2.48. The molecule has 2 aromatic rings. The molecule has 1 heterocycles. The number of aromatic nitrogens is 2. The molecule has 6 heteroatoms. The van der Waals surface area contributed by atoms with Crippen molar-refractivity contribution in [1.82, 2.24) is 9.78 Å². The summed E-state index contributed by atoms with van der Waals surface area (Å²) in [5, 5.41) is 4.16. The van der Waals surface area contributed by atoms with Gasteiger partial charge in [-0.25, -0.2) is 9.48 Å². The number of aryl methyl sites for hydroxylation is 1. The van der Waals surface area contributed by atoms with E-state index >= 15 is 0 Å². The summed E-state index contributed by atoms with van der Waals surface area (Å²) in [5.74, 6) is -0.594. The molecule has 0 fully saturated rings. The summed E-state index contributed by atoms with van der Waals surface area (Å²) in [7, 11) is 0. The number of halogens is 1. The van der Waals surface area contributed by atoms with Crippen molar-refractivity contribution in [2.24, 2.45) is 0 Å². The van der Waals surface area contributed by atoms with E-state index in [9.17, 15) is 9.59 Å². The molecule has 1 aromatic carbocycles. The molecule has 0 aliphatic carbocycles. The standard InChI is InChI=1S/C14H13BrN2O3/c1-3-20-14(19)13-10(8-18)7-17(16-13)12-5-4-11(15)6-9(12)2/h4-8H,3H2,1-2H3. The number of benzene rings is 1. The predicted octanol–water partition coefficient (Wildman–Crippen LogP) is 2.93. The number of hydrogen-bond donors (Lipinski definition) is 0. The van der Waals surface area contributed by atoms with E-state index in [1.165, 1.54) is 10.9 Å². The van der Waals surface area contributed by atoms with Gasteiger partial charge in [0.15, 0.2) is 12.0 Å². The molecular weight excluding hydrogens is 324 g/mol. The van der Waals surface area contributed by atoms with Gasteiger partial charge in [-0.3, -0.25) is 4.79 Å². The highest BCUT2D eigenvalue weighted by Crippen LogP contribution is 2.20. The van der Waals surface area contributed by atoms with Crippen molar-refractivity contribution in [1.29, 1.82) is 0 Å². The van der Waals surface area contributed by atoms with Crippen molar-refractivity contribution >= 4 is 28.2 Å². The number of nitrogens with zero attached hydrogens (tertiary/aromatic N) is 2. The van der Waals surface area contributed by atoms with Gasteiger partial charge in [0.05, 0.1) is 17.9 Å². The van der Waals surface area contributed by atoms with Gasteiger partial charge in [0.2, 0.25) is 0 Å². The minimum atomic E-state index is -0.594. The van der Waals surface area contributed by atoms with Crippen LogP contribution in [0.1, 0.15) is 33.3 Å². The topological polar surface area (TPSA) is 61.2 Å². The SMILES string of the molecule is CCOC(=O)c1nn(-c2ccc(Br)cc2C)cc1C=O. The third-order valence-corrected chi connectivity index (χ3v) is 3.24. The molecule has 0 atom stereocenters. The molecule has 5 nitrogen and oxygen atoms in total. The Morgan fingerprint density at radius 1 is 1.50 bits per heavy atom. The van der Waals surface area contributed by atoms with Gasteiger partial charge in [0.25, 0.3) is 0 Å². The number of esters is 1. The summed E-state index contributed by atoms with van der Waals surface area (Å²) < 4.78 is 7.35. The Kier molecular flexibility index (Phi) is 4.34. The largest absolute Gasteiger partial charge is 0.461 e. The van der Waals surface area contributed by atoms with Crippen molar-refractivity contribution in [2.45, 2.75) is 13.8 Å². The lowest BCUT2D eigenvalue weighted by Gasteiger charge is -2.05. The van der Waals surface area contributed by atoms with Crippen molar-refractivity contribution in [3.05, 3.63) is 45.7 Å². The van der Waals surface area contributed by atoms with Gasteiger partial charge in [-0.1, -0.05) is 15.9 Å². The summed E-state index contributed by atoms with van der Waals surface area (Å²) in [6.45, 7) is 3.86. The van der Waals surface area contributed by atoms with Gasteiger partial charge in [0, 0.05) is 10.7 Å². The van der Waals surface area contributed by atoms with Crippen molar-refractivity contribution in [3.63, 3.8) is 0 Å². The molecule has 0 spiro atoms. The lowest BCUT2D eigenvalue weighted by Crippen LogP contribution is -2.08. The van der Waals surface area contributed by atoms with E-state index in [1.807, 2.05) is 25.1 Å². The molecule has 0 unspecified atom stereocenters. The minimum absolute atomic E-state index is 0.0316. The van der Waals surface area contributed by atoms with Crippen molar-refractivity contribution < 1.29 is 14.3 Å². The van der Waals surface area contributed by atoms with Crippen molar-refractivity contribution in [3.8, 4) is 5.69 Å². The molecule has 104 valence electrons. The van der Waals surface area contributed by atoms with Gasteiger partial charge in [-0.15, -0.1) is 0 Å². The monoisotopic (exact) mass is 336 g/mol. The van der Waals surface area contributed by atoms with E-state index in [0.717, 1.165) is 15.7 Å². The van der Waals surface area contributed by atoms with Gasteiger partial charge < -0.3 is 4.74 Å². The summed E-state index contributed by atoms with van der Waals surface area (Å²) in [4.78, 5) is 22.8. The molecule has 0 aliphatic rings. The van der Waals surface area contributed by atoms with Crippen LogP contribution in [-0.2, 0) is 4.74 Å². The third-order valence-electron chi connectivity index (χ3n) is 2.74.